The molecule has 1 aliphatic heterocycles. The normalized spacial score (nSPS) is 15.0. The van der Waals surface area contributed by atoms with Gasteiger partial charge in [0.05, 0.1) is 13.0 Å². The monoisotopic (exact) mass is 355 g/mol. The molecule has 1 aliphatic rings. The van der Waals surface area contributed by atoms with Gasteiger partial charge in [-0.15, -0.1) is 0 Å². The Kier molecular flexibility index (Phi) is 5.25. The quantitative estimate of drug-likeness (QED) is 0.815. The standard InChI is InChI=1S/C19H25N5O2/c1-12-4-5-15(13(2)10-12)23-17-16(20)18(22-11-21-17)24-8-6-14(7-9-24)19(25)26-3/h4-5,10-11,14H,6-9,20H2,1-3H3,(H,21,22,23). The number of benzene rings is 1. The first kappa shape index (κ1) is 18.0. The number of anilines is 4. The number of nitrogen functional groups attached to an aromatic ring is 1. The number of methoxy groups -OCH3 is 1. The molecule has 1 saturated heterocycles. The predicted octanol–water partition coefficient (Wildman–Crippen LogP) is 2.81. The first-order valence-corrected chi connectivity index (χ1v) is 8.77. The van der Waals surface area contributed by atoms with Gasteiger partial charge in [-0.3, -0.25) is 4.79 Å². The summed E-state index contributed by atoms with van der Waals surface area (Å²) >= 11 is 0. The molecule has 7 heteroatoms. The second kappa shape index (κ2) is 7.59. The van der Waals surface area contributed by atoms with Crippen LogP contribution >= 0.6 is 0 Å². The second-order valence-electron chi connectivity index (χ2n) is 6.69. The summed E-state index contributed by atoms with van der Waals surface area (Å²) in [5.41, 5.74) is 10.2. The molecule has 26 heavy (non-hydrogen) atoms. The Hall–Kier alpha value is -2.83. The molecular weight excluding hydrogens is 330 g/mol. The number of carbonyl (C=O) groups is 1. The number of rotatable bonds is 4. The highest BCUT2D eigenvalue weighted by Crippen LogP contribution is 2.32. The maximum absolute atomic E-state index is 11.7. The van der Waals surface area contributed by atoms with Crippen molar-refractivity contribution in [2.24, 2.45) is 5.92 Å². The van der Waals surface area contributed by atoms with Gasteiger partial charge in [-0.05, 0) is 38.3 Å². The van der Waals surface area contributed by atoms with Crippen molar-refractivity contribution in [3.05, 3.63) is 35.7 Å². The van der Waals surface area contributed by atoms with E-state index in [4.69, 9.17) is 10.5 Å². The highest BCUT2D eigenvalue weighted by atomic mass is 16.5. The van der Waals surface area contributed by atoms with Crippen molar-refractivity contribution in [1.29, 1.82) is 0 Å². The summed E-state index contributed by atoms with van der Waals surface area (Å²) in [6.45, 7) is 5.53. The fourth-order valence-electron chi connectivity index (χ4n) is 3.31. The molecule has 0 bridgehead atoms. The van der Waals surface area contributed by atoms with Crippen LogP contribution in [0.15, 0.2) is 24.5 Å². The fraction of sp³-hybridized carbons (Fsp3) is 0.421. The minimum Gasteiger partial charge on any atom is -0.469 e. The SMILES string of the molecule is COC(=O)C1CCN(c2ncnc(Nc3ccc(C)cc3C)c2N)CC1. The number of nitrogens with zero attached hydrogens (tertiary/aromatic N) is 3. The van der Waals surface area contributed by atoms with Gasteiger partial charge in [0.1, 0.15) is 12.0 Å². The average molecular weight is 355 g/mol. The van der Waals surface area contributed by atoms with Crippen LogP contribution in [0, 0.1) is 19.8 Å². The van der Waals surface area contributed by atoms with Crippen LogP contribution in [0.2, 0.25) is 0 Å². The summed E-state index contributed by atoms with van der Waals surface area (Å²) < 4.78 is 4.84. The number of aromatic nitrogens is 2. The zero-order valence-corrected chi connectivity index (χ0v) is 15.5. The maximum Gasteiger partial charge on any atom is 0.308 e. The molecule has 7 nitrogen and oxygen atoms in total. The van der Waals surface area contributed by atoms with E-state index in [1.54, 1.807) is 0 Å². The van der Waals surface area contributed by atoms with Crippen molar-refractivity contribution in [3.8, 4) is 0 Å². The minimum absolute atomic E-state index is 0.0490. The van der Waals surface area contributed by atoms with Gasteiger partial charge >= 0.3 is 5.97 Å². The van der Waals surface area contributed by atoms with Crippen molar-refractivity contribution in [2.75, 3.05) is 36.1 Å². The number of esters is 1. The van der Waals surface area contributed by atoms with E-state index in [0.29, 0.717) is 30.4 Å². The van der Waals surface area contributed by atoms with Crippen LogP contribution < -0.4 is 16.0 Å². The molecular formula is C19H25N5O2. The molecule has 2 aromatic rings. The van der Waals surface area contributed by atoms with Gasteiger partial charge in [0.2, 0.25) is 0 Å². The Morgan fingerprint density at radius 3 is 2.65 bits per heavy atom. The summed E-state index contributed by atoms with van der Waals surface area (Å²) in [4.78, 5) is 22.5. The molecule has 1 fully saturated rings. The lowest BCUT2D eigenvalue weighted by molar-refractivity contribution is -0.146. The van der Waals surface area contributed by atoms with Crippen molar-refractivity contribution in [3.63, 3.8) is 0 Å². The highest BCUT2D eigenvalue weighted by molar-refractivity contribution is 5.79. The van der Waals surface area contributed by atoms with Crippen LogP contribution in [-0.4, -0.2) is 36.1 Å². The third kappa shape index (κ3) is 3.71. The van der Waals surface area contributed by atoms with Gasteiger partial charge in [0.15, 0.2) is 11.6 Å². The van der Waals surface area contributed by atoms with E-state index in [9.17, 15) is 4.79 Å². The zero-order chi connectivity index (χ0) is 18.7. The van der Waals surface area contributed by atoms with Crippen molar-refractivity contribution in [1.82, 2.24) is 9.97 Å². The molecule has 2 heterocycles. The molecule has 1 aromatic heterocycles. The number of hydrogen-bond acceptors (Lipinski definition) is 7. The molecule has 138 valence electrons. The Morgan fingerprint density at radius 2 is 2.00 bits per heavy atom. The molecule has 0 atom stereocenters. The van der Waals surface area contributed by atoms with Gasteiger partial charge < -0.3 is 20.7 Å². The molecule has 0 amide bonds. The Balaban J connectivity index is 1.76. The molecule has 3 rings (SSSR count). The Bertz CT molecular complexity index is 801. The molecule has 0 saturated carbocycles. The van der Waals surface area contributed by atoms with Gasteiger partial charge in [-0.2, -0.15) is 0 Å². The molecule has 1 aromatic carbocycles. The third-order valence-electron chi connectivity index (χ3n) is 4.83. The van der Waals surface area contributed by atoms with Gasteiger partial charge in [0, 0.05) is 18.8 Å². The molecule has 3 N–H and O–H groups in total. The number of nitrogens with one attached hydrogen (secondary N) is 1. The summed E-state index contributed by atoms with van der Waals surface area (Å²) in [6.07, 6.45) is 2.98. The van der Waals surface area contributed by atoms with E-state index in [-0.39, 0.29) is 11.9 Å². The lowest BCUT2D eigenvalue weighted by atomic mass is 9.97. The number of piperidine rings is 1. The topological polar surface area (TPSA) is 93.4 Å². The summed E-state index contributed by atoms with van der Waals surface area (Å²) in [7, 11) is 1.43. The first-order chi connectivity index (χ1) is 12.5. The van der Waals surface area contributed by atoms with Crippen molar-refractivity contribution < 1.29 is 9.53 Å². The number of nitrogens with two attached hydrogens (primary N) is 1. The lowest BCUT2D eigenvalue weighted by Gasteiger charge is -2.32. The molecule has 0 spiro atoms. The predicted molar refractivity (Wildman–Crippen MR) is 103 cm³/mol. The smallest absolute Gasteiger partial charge is 0.308 e. The van der Waals surface area contributed by atoms with E-state index in [1.165, 1.54) is 19.0 Å². The fourth-order valence-corrected chi connectivity index (χ4v) is 3.31. The number of aryl methyl sites for hydroxylation is 2. The highest BCUT2D eigenvalue weighted by Gasteiger charge is 2.27. The van der Waals surface area contributed by atoms with Gasteiger partial charge in [-0.1, -0.05) is 17.7 Å². The van der Waals surface area contributed by atoms with Crippen LogP contribution in [0.4, 0.5) is 23.0 Å². The van der Waals surface area contributed by atoms with E-state index in [0.717, 1.165) is 24.1 Å². The van der Waals surface area contributed by atoms with Gasteiger partial charge in [0.25, 0.3) is 0 Å². The lowest BCUT2D eigenvalue weighted by Crippen LogP contribution is -2.37. The molecule has 0 unspecified atom stereocenters. The van der Waals surface area contributed by atoms with E-state index < -0.39 is 0 Å². The molecule has 0 aliphatic carbocycles. The van der Waals surface area contributed by atoms with E-state index in [2.05, 4.69) is 33.2 Å². The van der Waals surface area contributed by atoms with Crippen LogP contribution in [0.3, 0.4) is 0 Å². The van der Waals surface area contributed by atoms with Gasteiger partial charge in [-0.25, -0.2) is 9.97 Å². The minimum atomic E-state index is -0.141. The summed E-state index contributed by atoms with van der Waals surface area (Å²) in [5, 5.41) is 3.31. The molecule has 0 radical (unpaired) electrons. The Morgan fingerprint density at radius 1 is 1.27 bits per heavy atom. The van der Waals surface area contributed by atoms with Crippen LogP contribution in [0.5, 0.6) is 0 Å². The summed E-state index contributed by atoms with van der Waals surface area (Å²) in [5.74, 6) is 1.11. The van der Waals surface area contributed by atoms with E-state index in [1.807, 2.05) is 19.1 Å². The van der Waals surface area contributed by atoms with E-state index >= 15 is 0 Å². The van der Waals surface area contributed by atoms with Crippen molar-refractivity contribution in [2.45, 2.75) is 26.7 Å². The number of carbonyl (C=O) groups excluding carboxylic acids is 1. The second-order valence-corrected chi connectivity index (χ2v) is 6.69. The average Bonchev–Trinajstić information content (AvgIpc) is 2.65. The number of hydrogen-bond donors (Lipinski definition) is 2. The zero-order valence-electron chi connectivity index (χ0n) is 15.5. The first-order valence-electron chi connectivity index (χ1n) is 8.77. The summed E-state index contributed by atoms with van der Waals surface area (Å²) in [6, 6.07) is 6.18. The van der Waals surface area contributed by atoms with Crippen LogP contribution in [0.1, 0.15) is 24.0 Å². The Labute approximate surface area is 153 Å². The van der Waals surface area contributed by atoms with Crippen LogP contribution in [-0.2, 0) is 9.53 Å². The third-order valence-corrected chi connectivity index (χ3v) is 4.83. The maximum atomic E-state index is 11.7. The largest absolute Gasteiger partial charge is 0.469 e. The van der Waals surface area contributed by atoms with Crippen molar-refractivity contribution >= 4 is 29.0 Å². The number of ether oxygens (including phenoxy) is 1. The van der Waals surface area contributed by atoms with Crippen LogP contribution in [0.25, 0.3) is 0 Å².